The molecule has 0 bridgehead atoms. The number of nitrogens with zero attached hydrogens (tertiary/aromatic N) is 1. The molecule has 0 aliphatic carbocycles. The first kappa shape index (κ1) is 25.3. The van der Waals surface area contributed by atoms with Crippen LogP contribution in [0.4, 0.5) is 10.5 Å². The molecule has 1 N–H and O–H groups in total. The number of benzene rings is 3. The largest absolute Gasteiger partial charge is 0.488 e. The van der Waals surface area contributed by atoms with Crippen LogP contribution in [-0.4, -0.2) is 28.5 Å². The minimum Gasteiger partial charge on any atom is -0.488 e. The summed E-state index contributed by atoms with van der Waals surface area (Å²) in [6.07, 6.45) is 1.58. The van der Waals surface area contributed by atoms with Crippen molar-refractivity contribution in [1.29, 1.82) is 0 Å². The first-order chi connectivity index (χ1) is 16.8. The third kappa shape index (κ3) is 6.46. The predicted octanol–water partition coefficient (Wildman–Crippen LogP) is 7.01. The van der Waals surface area contributed by atoms with E-state index >= 15 is 0 Å². The normalized spacial score (nSPS) is 14.5. The van der Waals surface area contributed by atoms with Gasteiger partial charge in [0.2, 0.25) is 5.91 Å². The number of carbonyl (C=O) groups is 3. The number of hydrogen-bond donors (Lipinski definition) is 1. The molecule has 1 aliphatic heterocycles. The van der Waals surface area contributed by atoms with Crippen molar-refractivity contribution < 1.29 is 19.1 Å². The van der Waals surface area contributed by atoms with E-state index in [9.17, 15) is 14.4 Å². The summed E-state index contributed by atoms with van der Waals surface area (Å²) in [5, 5.41) is 3.24. The zero-order chi connectivity index (χ0) is 24.9. The number of amides is 3. The van der Waals surface area contributed by atoms with Crippen molar-refractivity contribution in [2.75, 3.05) is 11.9 Å². The van der Waals surface area contributed by atoms with Crippen molar-refractivity contribution in [3.05, 3.63) is 97.3 Å². The number of thioether (sulfide) groups is 1. The van der Waals surface area contributed by atoms with Crippen LogP contribution in [0.3, 0.4) is 0 Å². The number of ether oxygens (including phenoxy) is 1. The fourth-order valence-corrected chi connectivity index (χ4v) is 4.71. The highest BCUT2D eigenvalue weighted by molar-refractivity contribution is 9.10. The molecule has 1 aliphatic rings. The van der Waals surface area contributed by atoms with E-state index in [-0.39, 0.29) is 11.5 Å². The second kappa shape index (κ2) is 11.3. The van der Waals surface area contributed by atoms with Crippen LogP contribution in [0.1, 0.15) is 11.1 Å². The molecule has 3 aromatic rings. The number of halogens is 3. The predicted molar refractivity (Wildman–Crippen MR) is 143 cm³/mol. The Morgan fingerprint density at radius 3 is 2.54 bits per heavy atom. The third-order valence-corrected chi connectivity index (χ3v) is 6.92. The highest BCUT2D eigenvalue weighted by atomic mass is 79.9. The molecule has 1 fully saturated rings. The quantitative estimate of drug-likeness (QED) is 0.299. The Morgan fingerprint density at radius 1 is 1.06 bits per heavy atom. The number of hydrogen-bond acceptors (Lipinski definition) is 5. The molecule has 0 saturated carbocycles. The van der Waals surface area contributed by atoms with Gasteiger partial charge >= 0.3 is 0 Å². The molecule has 0 aromatic heterocycles. The van der Waals surface area contributed by atoms with Crippen molar-refractivity contribution in [3.8, 4) is 5.75 Å². The summed E-state index contributed by atoms with van der Waals surface area (Å²) in [4.78, 5) is 38.9. The molecule has 4 rings (SSSR count). The van der Waals surface area contributed by atoms with Crippen molar-refractivity contribution in [1.82, 2.24) is 4.90 Å². The first-order valence-corrected chi connectivity index (χ1v) is 12.6. The van der Waals surface area contributed by atoms with Gasteiger partial charge in [-0.2, -0.15) is 0 Å². The minimum atomic E-state index is -0.553. The molecule has 10 heteroatoms. The van der Waals surface area contributed by atoms with Gasteiger partial charge in [-0.25, -0.2) is 0 Å². The van der Waals surface area contributed by atoms with E-state index in [0.717, 1.165) is 26.7 Å². The van der Waals surface area contributed by atoms with Gasteiger partial charge in [0.25, 0.3) is 11.1 Å². The summed E-state index contributed by atoms with van der Waals surface area (Å²) >= 11 is 16.3. The molecule has 6 nitrogen and oxygen atoms in total. The lowest BCUT2D eigenvalue weighted by Crippen LogP contribution is -2.36. The molecule has 1 heterocycles. The van der Waals surface area contributed by atoms with Crippen LogP contribution in [0, 0.1) is 0 Å². The van der Waals surface area contributed by atoms with Crippen LogP contribution in [0.5, 0.6) is 5.75 Å². The molecule has 35 heavy (non-hydrogen) atoms. The van der Waals surface area contributed by atoms with Gasteiger partial charge in [-0.3, -0.25) is 19.3 Å². The molecular weight excluding hydrogens is 575 g/mol. The summed E-state index contributed by atoms with van der Waals surface area (Å²) in [5.74, 6) is -0.536. The average Bonchev–Trinajstić information content (AvgIpc) is 3.08. The molecule has 3 aromatic carbocycles. The smallest absolute Gasteiger partial charge is 0.294 e. The second-order valence-corrected chi connectivity index (χ2v) is 10.1. The van der Waals surface area contributed by atoms with Gasteiger partial charge in [-0.15, -0.1) is 0 Å². The van der Waals surface area contributed by atoms with Gasteiger partial charge in [0.1, 0.15) is 18.9 Å². The fourth-order valence-electron chi connectivity index (χ4n) is 3.19. The van der Waals surface area contributed by atoms with Crippen LogP contribution < -0.4 is 10.1 Å². The van der Waals surface area contributed by atoms with E-state index < -0.39 is 23.6 Å². The van der Waals surface area contributed by atoms with Gasteiger partial charge < -0.3 is 10.1 Å². The van der Waals surface area contributed by atoms with Crippen molar-refractivity contribution in [3.63, 3.8) is 0 Å². The zero-order valence-corrected chi connectivity index (χ0v) is 21.9. The number of rotatable bonds is 7. The van der Waals surface area contributed by atoms with E-state index in [1.165, 1.54) is 0 Å². The SMILES string of the molecule is O=C(CN1C(=O)S/C(=C/c2cc(Br)ccc2OCc2ccccc2Cl)C1=O)Nc1ccc(Cl)cc1. The maximum atomic E-state index is 12.9. The Balaban J connectivity index is 1.48. The van der Waals surface area contributed by atoms with Crippen LogP contribution in [0.25, 0.3) is 6.08 Å². The molecule has 3 amide bonds. The van der Waals surface area contributed by atoms with E-state index in [4.69, 9.17) is 27.9 Å². The van der Waals surface area contributed by atoms with E-state index in [1.807, 2.05) is 24.3 Å². The lowest BCUT2D eigenvalue weighted by atomic mass is 10.1. The highest BCUT2D eigenvalue weighted by Crippen LogP contribution is 2.35. The Kier molecular flexibility index (Phi) is 8.18. The fraction of sp³-hybridized carbons (Fsp3) is 0.0800. The number of nitrogens with one attached hydrogen (secondary N) is 1. The molecule has 0 atom stereocenters. The van der Waals surface area contributed by atoms with Crippen molar-refractivity contribution in [2.24, 2.45) is 0 Å². The van der Waals surface area contributed by atoms with Crippen LogP contribution in [-0.2, 0) is 16.2 Å². The van der Waals surface area contributed by atoms with Crippen molar-refractivity contribution in [2.45, 2.75) is 6.61 Å². The van der Waals surface area contributed by atoms with Gasteiger partial charge in [0.05, 0.1) is 4.91 Å². The zero-order valence-electron chi connectivity index (χ0n) is 18.0. The highest BCUT2D eigenvalue weighted by Gasteiger charge is 2.36. The average molecular weight is 592 g/mol. The lowest BCUT2D eigenvalue weighted by molar-refractivity contribution is -0.127. The Labute approximate surface area is 224 Å². The molecule has 0 radical (unpaired) electrons. The minimum absolute atomic E-state index is 0.190. The molecule has 1 saturated heterocycles. The second-order valence-electron chi connectivity index (χ2n) is 7.39. The van der Waals surface area contributed by atoms with Crippen LogP contribution >= 0.6 is 50.9 Å². The monoisotopic (exact) mass is 590 g/mol. The summed E-state index contributed by atoms with van der Waals surface area (Å²) in [7, 11) is 0. The van der Waals surface area contributed by atoms with E-state index in [2.05, 4.69) is 21.2 Å². The number of imide groups is 1. The number of carbonyl (C=O) groups excluding carboxylic acids is 3. The first-order valence-electron chi connectivity index (χ1n) is 10.3. The summed E-state index contributed by atoms with van der Waals surface area (Å²) < 4.78 is 6.73. The number of anilines is 1. The maximum absolute atomic E-state index is 12.9. The lowest BCUT2D eigenvalue weighted by Gasteiger charge is -2.13. The summed E-state index contributed by atoms with van der Waals surface area (Å²) in [5.41, 5.74) is 1.92. The molecule has 0 spiro atoms. The summed E-state index contributed by atoms with van der Waals surface area (Å²) in [6.45, 7) is -0.173. The molecular formula is C25H17BrCl2N2O4S. The van der Waals surface area contributed by atoms with E-state index in [1.54, 1.807) is 48.5 Å². The standard InChI is InChI=1S/C25H17BrCl2N2O4S/c26-17-5-10-21(34-14-15-3-1-2-4-20(15)28)16(11-17)12-22-24(32)30(25(33)35-22)13-23(31)29-19-8-6-18(27)7-9-19/h1-12H,13-14H2,(H,29,31)/b22-12+. The topological polar surface area (TPSA) is 75.7 Å². The van der Waals surface area contributed by atoms with E-state index in [0.29, 0.717) is 27.0 Å². The van der Waals surface area contributed by atoms with Gasteiger partial charge in [-0.05, 0) is 66.4 Å². The van der Waals surface area contributed by atoms with Crippen LogP contribution in [0.2, 0.25) is 10.0 Å². The van der Waals surface area contributed by atoms with Gasteiger partial charge in [0, 0.05) is 31.3 Å². The Bertz CT molecular complexity index is 1330. The maximum Gasteiger partial charge on any atom is 0.294 e. The van der Waals surface area contributed by atoms with Crippen molar-refractivity contribution >= 4 is 79.7 Å². The van der Waals surface area contributed by atoms with Crippen LogP contribution in [0.15, 0.2) is 76.1 Å². The molecule has 178 valence electrons. The Morgan fingerprint density at radius 2 is 1.80 bits per heavy atom. The summed E-state index contributed by atoms with van der Waals surface area (Å²) in [6, 6.07) is 19.2. The van der Waals surface area contributed by atoms with Gasteiger partial charge in [-0.1, -0.05) is 57.3 Å². The van der Waals surface area contributed by atoms with Gasteiger partial charge in [0.15, 0.2) is 0 Å². The molecule has 0 unspecified atom stereocenters. The Hall–Kier alpha value is -2.78. The third-order valence-electron chi connectivity index (χ3n) is 4.90.